The second-order valence-corrected chi connectivity index (χ2v) is 5.54. The van der Waals surface area contributed by atoms with Crippen LogP contribution in [0.3, 0.4) is 0 Å². The van der Waals surface area contributed by atoms with E-state index >= 15 is 0 Å². The van der Waals surface area contributed by atoms with Crippen molar-refractivity contribution < 1.29 is 14.4 Å². The maximum atomic E-state index is 12.2. The van der Waals surface area contributed by atoms with Crippen molar-refractivity contribution in [1.82, 2.24) is 9.88 Å². The Hall–Kier alpha value is -3.22. The van der Waals surface area contributed by atoms with Crippen molar-refractivity contribution in [3.8, 4) is 0 Å². The highest BCUT2D eigenvalue weighted by Crippen LogP contribution is 2.15. The van der Waals surface area contributed by atoms with Crippen LogP contribution in [0.25, 0.3) is 0 Å². The van der Waals surface area contributed by atoms with Gasteiger partial charge in [0, 0.05) is 44.2 Å². The molecule has 3 amide bonds. The number of anilines is 2. The van der Waals surface area contributed by atoms with Crippen molar-refractivity contribution in [2.24, 2.45) is 0 Å². The second-order valence-electron chi connectivity index (χ2n) is 5.54. The van der Waals surface area contributed by atoms with Gasteiger partial charge in [-0.25, -0.2) is 0 Å². The molecule has 0 unspecified atom stereocenters. The molecule has 0 aliphatic carbocycles. The summed E-state index contributed by atoms with van der Waals surface area (Å²) in [6.07, 6.45) is 3.28. The molecule has 1 aromatic heterocycles. The lowest BCUT2D eigenvalue weighted by molar-refractivity contribution is -0.133. The number of carbonyl (C=O) groups excluding carboxylic acids is 3. The molecule has 0 radical (unpaired) electrons. The molecule has 1 aromatic carbocycles. The molecule has 2 rings (SSSR count). The molecular formula is C18H20N4O3. The SMILES string of the molecule is CC(=O)Nc1cccc(NC(=O)CN(Cc2ccncc2)C(C)=O)c1. The van der Waals surface area contributed by atoms with Crippen LogP contribution in [0.5, 0.6) is 0 Å². The summed E-state index contributed by atoms with van der Waals surface area (Å²) < 4.78 is 0. The Labute approximate surface area is 146 Å². The standard InChI is InChI=1S/C18H20N4O3/c1-13(23)20-16-4-3-5-17(10-16)21-18(25)12-22(14(2)24)11-15-6-8-19-9-7-15/h3-10H,11-12H2,1-2H3,(H,20,23)(H,21,25). The minimum Gasteiger partial charge on any atom is -0.329 e. The fraction of sp³-hybridized carbons (Fsp3) is 0.222. The zero-order valence-electron chi connectivity index (χ0n) is 14.2. The Bertz CT molecular complexity index is 762. The summed E-state index contributed by atoms with van der Waals surface area (Å²) in [7, 11) is 0. The summed E-state index contributed by atoms with van der Waals surface area (Å²) in [5.41, 5.74) is 2.03. The van der Waals surface area contributed by atoms with Crippen molar-refractivity contribution in [1.29, 1.82) is 0 Å². The number of pyridine rings is 1. The third kappa shape index (κ3) is 6.06. The number of rotatable bonds is 6. The van der Waals surface area contributed by atoms with E-state index in [1.807, 2.05) is 0 Å². The van der Waals surface area contributed by atoms with E-state index in [1.165, 1.54) is 18.7 Å². The fourth-order valence-corrected chi connectivity index (χ4v) is 2.24. The van der Waals surface area contributed by atoms with E-state index in [0.717, 1.165) is 5.56 Å². The lowest BCUT2D eigenvalue weighted by atomic mass is 10.2. The van der Waals surface area contributed by atoms with Gasteiger partial charge in [0.2, 0.25) is 17.7 Å². The van der Waals surface area contributed by atoms with Gasteiger partial charge in [0.25, 0.3) is 0 Å². The molecule has 25 heavy (non-hydrogen) atoms. The first-order chi connectivity index (χ1) is 11.9. The Morgan fingerprint density at radius 1 is 1.00 bits per heavy atom. The summed E-state index contributed by atoms with van der Waals surface area (Å²) in [5, 5.41) is 5.38. The minimum atomic E-state index is -0.316. The quantitative estimate of drug-likeness (QED) is 0.842. The monoisotopic (exact) mass is 340 g/mol. The van der Waals surface area contributed by atoms with Crippen molar-refractivity contribution in [2.45, 2.75) is 20.4 Å². The van der Waals surface area contributed by atoms with E-state index in [0.29, 0.717) is 17.9 Å². The molecule has 0 aliphatic heterocycles. The van der Waals surface area contributed by atoms with E-state index in [-0.39, 0.29) is 24.3 Å². The third-order valence-corrected chi connectivity index (χ3v) is 3.37. The first-order valence-electron chi connectivity index (χ1n) is 7.76. The summed E-state index contributed by atoms with van der Waals surface area (Å²) in [6, 6.07) is 10.4. The van der Waals surface area contributed by atoms with Crippen LogP contribution in [0.2, 0.25) is 0 Å². The molecule has 2 N–H and O–H groups in total. The van der Waals surface area contributed by atoms with Crippen LogP contribution in [0, 0.1) is 0 Å². The summed E-state index contributed by atoms with van der Waals surface area (Å²) in [4.78, 5) is 40.5. The average molecular weight is 340 g/mol. The topological polar surface area (TPSA) is 91.4 Å². The number of benzene rings is 1. The largest absolute Gasteiger partial charge is 0.329 e. The number of hydrogen-bond donors (Lipinski definition) is 2. The maximum Gasteiger partial charge on any atom is 0.244 e. The zero-order chi connectivity index (χ0) is 18.2. The van der Waals surface area contributed by atoms with E-state index in [1.54, 1.807) is 48.8 Å². The van der Waals surface area contributed by atoms with Gasteiger partial charge in [-0.15, -0.1) is 0 Å². The van der Waals surface area contributed by atoms with Gasteiger partial charge in [-0.05, 0) is 35.9 Å². The van der Waals surface area contributed by atoms with Crippen LogP contribution in [0.4, 0.5) is 11.4 Å². The van der Waals surface area contributed by atoms with Gasteiger partial charge in [0.1, 0.15) is 6.54 Å². The van der Waals surface area contributed by atoms with Crippen LogP contribution in [-0.4, -0.2) is 34.2 Å². The molecule has 0 fully saturated rings. The molecule has 0 aliphatic rings. The molecule has 0 saturated heterocycles. The van der Waals surface area contributed by atoms with Gasteiger partial charge < -0.3 is 15.5 Å². The van der Waals surface area contributed by atoms with Gasteiger partial charge in [-0.1, -0.05) is 6.07 Å². The van der Waals surface area contributed by atoms with Gasteiger partial charge in [0.15, 0.2) is 0 Å². The van der Waals surface area contributed by atoms with Gasteiger partial charge in [-0.3, -0.25) is 19.4 Å². The van der Waals surface area contributed by atoms with Crippen molar-refractivity contribution in [3.63, 3.8) is 0 Å². The molecule has 7 heteroatoms. The van der Waals surface area contributed by atoms with Crippen LogP contribution in [0.1, 0.15) is 19.4 Å². The van der Waals surface area contributed by atoms with E-state index < -0.39 is 0 Å². The molecule has 1 heterocycles. The highest BCUT2D eigenvalue weighted by atomic mass is 16.2. The molecule has 0 atom stereocenters. The Morgan fingerprint density at radius 3 is 2.24 bits per heavy atom. The van der Waals surface area contributed by atoms with Crippen LogP contribution in [-0.2, 0) is 20.9 Å². The first-order valence-corrected chi connectivity index (χ1v) is 7.76. The highest BCUT2D eigenvalue weighted by Gasteiger charge is 2.14. The second kappa shape index (κ2) is 8.58. The average Bonchev–Trinajstić information content (AvgIpc) is 2.54. The minimum absolute atomic E-state index is 0.0674. The molecule has 0 bridgehead atoms. The lowest BCUT2D eigenvalue weighted by Gasteiger charge is -2.20. The zero-order valence-corrected chi connectivity index (χ0v) is 14.2. The van der Waals surface area contributed by atoms with Crippen LogP contribution in [0.15, 0.2) is 48.8 Å². The van der Waals surface area contributed by atoms with Gasteiger partial charge in [-0.2, -0.15) is 0 Å². The van der Waals surface area contributed by atoms with Crippen molar-refractivity contribution in [2.75, 3.05) is 17.2 Å². The number of hydrogen-bond acceptors (Lipinski definition) is 4. The Kier molecular flexibility index (Phi) is 6.22. The number of carbonyl (C=O) groups is 3. The van der Waals surface area contributed by atoms with Crippen LogP contribution < -0.4 is 10.6 Å². The number of nitrogens with one attached hydrogen (secondary N) is 2. The smallest absolute Gasteiger partial charge is 0.244 e. The van der Waals surface area contributed by atoms with E-state index in [2.05, 4.69) is 15.6 Å². The molecule has 130 valence electrons. The summed E-state index contributed by atoms with van der Waals surface area (Å²) >= 11 is 0. The number of amides is 3. The van der Waals surface area contributed by atoms with Gasteiger partial charge in [0.05, 0.1) is 0 Å². The van der Waals surface area contributed by atoms with Crippen LogP contribution >= 0.6 is 0 Å². The van der Waals surface area contributed by atoms with E-state index in [9.17, 15) is 14.4 Å². The number of nitrogens with zero attached hydrogens (tertiary/aromatic N) is 2. The van der Waals surface area contributed by atoms with Crippen molar-refractivity contribution in [3.05, 3.63) is 54.4 Å². The van der Waals surface area contributed by atoms with Gasteiger partial charge >= 0.3 is 0 Å². The first kappa shape index (κ1) is 18.1. The molecule has 2 aromatic rings. The molecular weight excluding hydrogens is 320 g/mol. The molecule has 7 nitrogen and oxygen atoms in total. The normalized spacial score (nSPS) is 10.0. The lowest BCUT2D eigenvalue weighted by Crippen LogP contribution is -2.36. The Balaban J connectivity index is 1.99. The third-order valence-electron chi connectivity index (χ3n) is 3.37. The predicted molar refractivity (Wildman–Crippen MR) is 94.7 cm³/mol. The fourth-order valence-electron chi connectivity index (χ4n) is 2.24. The van der Waals surface area contributed by atoms with E-state index in [4.69, 9.17) is 0 Å². The predicted octanol–water partition coefficient (Wildman–Crippen LogP) is 2.03. The summed E-state index contributed by atoms with van der Waals surface area (Å²) in [5.74, 6) is -0.702. The molecule has 0 saturated carbocycles. The molecule has 0 spiro atoms. The Morgan fingerprint density at radius 2 is 1.64 bits per heavy atom. The van der Waals surface area contributed by atoms with Crippen molar-refractivity contribution >= 4 is 29.1 Å². The number of aromatic nitrogens is 1. The summed E-state index contributed by atoms with van der Waals surface area (Å²) in [6.45, 7) is 3.10. The highest BCUT2D eigenvalue weighted by molar-refractivity contribution is 5.95. The maximum absolute atomic E-state index is 12.2.